The van der Waals surface area contributed by atoms with Crippen molar-refractivity contribution in [3.63, 3.8) is 0 Å². The fourth-order valence-electron chi connectivity index (χ4n) is 3.16. The maximum Gasteiger partial charge on any atom is 0.526 e. The van der Waals surface area contributed by atoms with E-state index in [0.29, 0.717) is 30.8 Å². The number of Topliss-reactive ketones (excluding diaryl/α,β-unsaturated/α-hetero) is 1. The highest BCUT2D eigenvalue weighted by Crippen LogP contribution is 2.37. The van der Waals surface area contributed by atoms with Gasteiger partial charge in [0.2, 0.25) is 0 Å². The summed E-state index contributed by atoms with van der Waals surface area (Å²) in [6.45, 7) is 8.45. The molecule has 1 aliphatic heterocycles. The minimum atomic E-state index is -1.10. The first-order valence-corrected chi connectivity index (χ1v) is 9.36. The summed E-state index contributed by atoms with van der Waals surface area (Å²) in [6.07, 6.45) is 2.99. The number of unbranched alkanes of at least 4 members (excludes halogenated alkanes) is 1. The molecule has 0 radical (unpaired) electrons. The van der Waals surface area contributed by atoms with E-state index >= 15 is 0 Å². The fraction of sp³-hybridized carbons (Fsp3) is 0.600. The zero-order valence-corrected chi connectivity index (χ0v) is 16.2. The maximum atomic E-state index is 12.3. The van der Waals surface area contributed by atoms with Gasteiger partial charge in [0.15, 0.2) is 0 Å². The highest BCUT2D eigenvalue weighted by Gasteiger charge is 2.38. The second-order valence-electron chi connectivity index (χ2n) is 8.24. The molecular formula is C20H29BO5. The van der Waals surface area contributed by atoms with Crippen molar-refractivity contribution in [2.75, 3.05) is 6.61 Å². The van der Waals surface area contributed by atoms with E-state index in [1.807, 2.05) is 33.8 Å². The van der Waals surface area contributed by atoms with Crippen LogP contribution in [0.25, 0.3) is 0 Å². The van der Waals surface area contributed by atoms with Crippen LogP contribution in [0, 0.1) is 5.41 Å². The van der Waals surface area contributed by atoms with Gasteiger partial charge in [-0.2, -0.15) is 0 Å². The van der Waals surface area contributed by atoms with Crippen LogP contribution in [0.5, 0.6) is 5.75 Å². The minimum absolute atomic E-state index is 0.0785. The topological polar surface area (TPSA) is 72.8 Å². The fourth-order valence-corrected chi connectivity index (χ4v) is 3.16. The molecule has 1 N–H and O–H groups in total. The van der Waals surface area contributed by atoms with Crippen LogP contribution in [0.3, 0.4) is 0 Å². The molecule has 6 heteroatoms. The molecule has 0 saturated carbocycles. The Hall–Kier alpha value is -1.82. The first-order chi connectivity index (χ1) is 12.2. The summed E-state index contributed by atoms with van der Waals surface area (Å²) in [6, 6.07) is 5.29. The van der Waals surface area contributed by atoms with E-state index in [-0.39, 0.29) is 23.4 Å². The lowest BCUT2D eigenvalue weighted by atomic mass is 9.64. The van der Waals surface area contributed by atoms with Crippen molar-refractivity contribution >= 4 is 18.9 Å². The molecule has 0 aliphatic carbocycles. The highest BCUT2D eigenvalue weighted by atomic mass is 16.5. The molecule has 1 heterocycles. The van der Waals surface area contributed by atoms with E-state index in [9.17, 15) is 14.6 Å². The van der Waals surface area contributed by atoms with Crippen LogP contribution in [0.4, 0.5) is 0 Å². The van der Waals surface area contributed by atoms with Gasteiger partial charge < -0.3 is 14.4 Å². The third-order valence-electron chi connectivity index (χ3n) is 4.39. The number of hydrogen-bond acceptors (Lipinski definition) is 5. The summed E-state index contributed by atoms with van der Waals surface area (Å²) in [5, 5.41) is 10.4. The SMILES string of the molecule is CCCCOC(=O)c1cccc2c1OB(O)[C@@H](CC(=O)CC(C)(C)C)C2. The van der Waals surface area contributed by atoms with E-state index < -0.39 is 13.1 Å². The van der Waals surface area contributed by atoms with Crippen LogP contribution in [-0.2, 0) is 16.0 Å². The Balaban J connectivity index is 2.09. The molecule has 1 aromatic rings. The highest BCUT2D eigenvalue weighted by molar-refractivity contribution is 6.47. The van der Waals surface area contributed by atoms with Crippen LogP contribution in [0.1, 0.15) is 69.3 Å². The molecule has 0 aromatic heterocycles. The van der Waals surface area contributed by atoms with Gasteiger partial charge in [0, 0.05) is 18.7 Å². The lowest BCUT2D eigenvalue weighted by molar-refractivity contribution is -0.120. The number of ether oxygens (including phenoxy) is 1. The molecule has 5 nitrogen and oxygen atoms in total. The second kappa shape index (κ2) is 8.71. The van der Waals surface area contributed by atoms with Crippen LogP contribution in [0.15, 0.2) is 18.2 Å². The van der Waals surface area contributed by atoms with E-state index in [1.165, 1.54) is 0 Å². The standard InChI is InChI=1S/C20H29BO5/c1-5-6-10-25-19(23)17-9-7-8-14-11-15(21(24)26-18(14)17)12-16(22)13-20(2,3)4/h7-9,15,24H,5-6,10-13H2,1-4H3/t15-/m1/s1. The molecule has 1 atom stereocenters. The van der Waals surface area contributed by atoms with Gasteiger partial charge >= 0.3 is 13.1 Å². The number of carbonyl (C=O) groups is 2. The van der Waals surface area contributed by atoms with Crippen LogP contribution in [0.2, 0.25) is 5.82 Å². The molecule has 0 unspecified atom stereocenters. The number of hydrogen-bond donors (Lipinski definition) is 1. The smallest absolute Gasteiger partial charge is 0.526 e. The van der Waals surface area contributed by atoms with Gasteiger partial charge in [-0.05, 0) is 29.9 Å². The van der Waals surface area contributed by atoms with Gasteiger partial charge in [-0.1, -0.05) is 46.2 Å². The molecule has 1 aliphatic rings. The summed E-state index contributed by atoms with van der Waals surface area (Å²) >= 11 is 0. The Morgan fingerprint density at radius 3 is 2.73 bits per heavy atom. The molecule has 1 aromatic carbocycles. The monoisotopic (exact) mass is 360 g/mol. The third-order valence-corrected chi connectivity index (χ3v) is 4.39. The molecule has 0 saturated heterocycles. The van der Waals surface area contributed by atoms with Crippen LogP contribution < -0.4 is 4.65 Å². The van der Waals surface area contributed by atoms with Gasteiger partial charge in [0.1, 0.15) is 17.1 Å². The molecule has 0 fully saturated rings. The number of esters is 1. The summed E-state index contributed by atoms with van der Waals surface area (Å²) in [5.41, 5.74) is 1.08. The Bertz CT molecular complexity index is 650. The van der Waals surface area contributed by atoms with Crippen molar-refractivity contribution in [1.29, 1.82) is 0 Å². The maximum absolute atomic E-state index is 12.3. The average molecular weight is 360 g/mol. The van der Waals surface area contributed by atoms with E-state index in [2.05, 4.69) is 0 Å². The van der Waals surface area contributed by atoms with Crippen molar-refractivity contribution < 1.29 is 24.0 Å². The number of ketones is 1. The minimum Gasteiger partial charge on any atom is -0.535 e. The van der Waals surface area contributed by atoms with E-state index in [0.717, 1.165) is 18.4 Å². The second-order valence-corrected chi connectivity index (χ2v) is 8.24. The largest absolute Gasteiger partial charge is 0.535 e. The van der Waals surface area contributed by atoms with E-state index in [1.54, 1.807) is 12.1 Å². The quantitative estimate of drug-likeness (QED) is 0.455. The van der Waals surface area contributed by atoms with Gasteiger partial charge in [-0.25, -0.2) is 4.79 Å². The number of carbonyl (C=O) groups excluding carboxylic acids is 2. The Morgan fingerprint density at radius 1 is 1.35 bits per heavy atom. The lowest BCUT2D eigenvalue weighted by Crippen LogP contribution is -2.36. The molecule has 0 spiro atoms. The summed E-state index contributed by atoms with van der Waals surface area (Å²) in [5.74, 6) is -0.252. The predicted octanol–water partition coefficient (Wildman–Crippen LogP) is 3.82. The lowest BCUT2D eigenvalue weighted by Gasteiger charge is -2.29. The molecule has 2 rings (SSSR count). The summed E-state index contributed by atoms with van der Waals surface area (Å²) in [4.78, 5) is 24.5. The number of rotatable bonds is 7. The molecule has 0 bridgehead atoms. The Morgan fingerprint density at radius 2 is 2.08 bits per heavy atom. The third kappa shape index (κ3) is 5.59. The van der Waals surface area contributed by atoms with Gasteiger partial charge in [0.05, 0.1) is 6.61 Å². The zero-order chi connectivity index (χ0) is 19.3. The zero-order valence-electron chi connectivity index (χ0n) is 16.2. The molecule has 0 amide bonds. The van der Waals surface area contributed by atoms with Gasteiger partial charge in [-0.15, -0.1) is 0 Å². The molecule has 142 valence electrons. The van der Waals surface area contributed by atoms with Crippen molar-refractivity contribution in [2.45, 2.75) is 65.6 Å². The van der Waals surface area contributed by atoms with Crippen LogP contribution in [-0.4, -0.2) is 30.5 Å². The van der Waals surface area contributed by atoms with Crippen molar-refractivity contribution in [2.24, 2.45) is 5.41 Å². The van der Waals surface area contributed by atoms with Gasteiger partial charge in [-0.3, -0.25) is 4.79 Å². The van der Waals surface area contributed by atoms with Crippen molar-refractivity contribution in [3.8, 4) is 5.75 Å². The first-order valence-electron chi connectivity index (χ1n) is 9.36. The van der Waals surface area contributed by atoms with E-state index in [4.69, 9.17) is 9.39 Å². The van der Waals surface area contributed by atoms with Crippen LogP contribution >= 0.6 is 0 Å². The number of benzene rings is 1. The number of para-hydroxylation sites is 1. The summed E-state index contributed by atoms with van der Waals surface area (Å²) in [7, 11) is -1.10. The Kier molecular flexibility index (Phi) is 6.87. The first kappa shape index (κ1) is 20.5. The summed E-state index contributed by atoms with van der Waals surface area (Å²) < 4.78 is 10.9. The van der Waals surface area contributed by atoms with Crippen molar-refractivity contribution in [1.82, 2.24) is 0 Å². The van der Waals surface area contributed by atoms with Crippen molar-refractivity contribution in [3.05, 3.63) is 29.3 Å². The Labute approximate surface area is 156 Å². The predicted molar refractivity (Wildman–Crippen MR) is 101 cm³/mol. The molecular weight excluding hydrogens is 331 g/mol. The average Bonchev–Trinajstić information content (AvgIpc) is 2.53. The normalized spacial score (nSPS) is 16.7. The number of fused-ring (bicyclic) bond motifs is 1. The van der Waals surface area contributed by atoms with Gasteiger partial charge in [0.25, 0.3) is 0 Å². The molecule has 26 heavy (non-hydrogen) atoms.